The van der Waals surface area contributed by atoms with Crippen LogP contribution >= 0.6 is 0 Å². The maximum atomic E-state index is 12.0. The zero-order valence-electron chi connectivity index (χ0n) is 5.89. The van der Waals surface area contributed by atoms with E-state index < -0.39 is 11.7 Å². The minimum atomic E-state index is -4.24. The van der Waals surface area contributed by atoms with E-state index in [9.17, 15) is 13.2 Å². The summed E-state index contributed by atoms with van der Waals surface area (Å²) < 4.78 is 37.2. The van der Waals surface area contributed by atoms with Gasteiger partial charge in [0.05, 0.1) is 0 Å². The normalized spacial score (nSPS) is 11.6. The molecule has 0 saturated heterocycles. The zero-order valence-corrected chi connectivity index (χ0v) is 5.89. The standard InChI is InChI=1S/C7H7F3N/c1-11-4-2-3-6(5-11)7(8,9)10/h2-5H,1H3/q+1. The van der Waals surface area contributed by atoms with Crippen molar-refractivity contribution in [3.05, 3.63) is 30.1 Å². The summed E-state index contributed by atoms with van der Waals surface area (Å²) >= 11 is 0. The Morgan fingerprint density at radius 1 is 1.36 bits per heavy atom. The molecule has 0 aromatic carbocycles. The lowest BCUT2D eigenvalue weighted by molar-refractivity contribution is -0.672. The van der Waals surface area contributed by atoms with Crippen LogP contribution in [0.15, 0.2) is 24.5 Å². The van der Waals surface area contributed by atoms with Crippen molar-refractivity contribution in [3.63, 3.8) is 0 Å². The molecule has 1 rings (SSSR count). The van der Waals surface area contributed by atoms with Gasteiger partial charge in [0.1, 0.15) is 12.6 Å². The quantitative estimate of drug-likeness (QED) is 0.509. The Morgan fingerprint density at radius 3 is 2.36 bits per heavy atom. The lowest BCUT2D eigenvalue weighted by atomic mass is 10.3. The van der Waals surface area contributed by atoms with E-state index in [1.54, 1.807) is 13.2 Å². The molecule has 1 nitrogen and oxygen atoms in total. The molecule has 1 aromatic rings. The van der Waals surface area contributed by atoms with Gasteiger partial charge in [0.2, 0.25) is 0 Å². The largest absolute Gasteiger partial charge is 0.422 e. The number of nitrogens with zero attached hydrogens (tertiary/aromatic N) is 1. The molecule has 0 aliphatic rings. The number of aromatic nitrogens is 1. The molecule has 0 atom stereocenters. The van der Waals surface area contributed by atoms with E-state index >= 15 is 0 Å². The lowest BCUT2D eigenvalue weighted by Crippen LogP contribution is -2.28. The van der Waals surface area contributed by atoms with Gasteiger partial charge in [-0.1, -0.05) is 0 Å². The zero-order chi connectivity index (χ0) is 8.48. The van der Waals surface area contributed by atoms with Crippen molar-refractivity contribution in [3.8, 4) is 0 Å². The Bertz CT molecular complexity index is 254. The third kappa shape index (κ3) is 1.93. The number of halogens is 3. The molecular weight excluding hydrogens is 155 g/mol. The van der Waals surface area contributed by atoms with Gasteiger partial charge in [-0.25, -0.2) is 4.57 Å². The van der Waals surface area contributed by atoms with E-state index in [0.717, 1.165) is 12.3 Å². The maximum Gasteiger partial charge on any atom is 0.422 e. The molecule has 0 spiro atoms. The Morgan fingerprint density at radius 2 is 2.00 bits per heavy atom. The Hall–Kier alpha value is -1.06. The summed E-state index contributed by atoms with van der Waals surface area (Å²) in [5.74, 6) is 0. The molecule has 0 radical (unpaired) electrons. The molecule has 1 heterocycles. The number of hydrogen-bond acceptors (Lipinski definition) is 0. The summed E-state index contributed by atoms with van der Waals surface area (Å²) in [6.07, 6.45) is -1.64. The average Bonchev–Trinajstić information content (AvgIpc) is 1.86. The first-order valence-electron chi connectivity index (χ1n) is 3.02. The lowest BCUT2D eigenvalue weighted by Gasteiger charge is -2.02. The van der Waals surface area contributed by atoms with Gasteiger partial charge in [-0.05, 0) is 6.07 Å². The van der Waals surface area contributed by atoms with Crippen LogP contribution in [0.1, 0.15) is 5.56 Å². The number of rotatable bonds is 0. The van der Waals surface area contributed by atoms with Crippen molar-refractivity contribution >= 4 is 0 Å². The topological polar surface area (TPSA) is 3.88 Å². The number of aryl methyl sites for hydroxylation is 1. The fourth-order valence-electron chi connectivity index (χ4n) is 0.756. The fourth-order valence-corrected chi connectivity index (χ4v) is 0.756. The fraction of sp³-hybridized carbons (Fsp3) is 0.286. The van der Waals surface area contributed by atoms with Crippen LogP contribution < -0.4 is 4.57 Å². The van der Waals surface area contributed by atoms with Gasteiger partial charge in [0.25, 0.3) is 0 Å². The van der Waals surface area contributed by atoms with Gasteiger partial charge in [-0.2, -0.15) is 13.2 Å². The van der Waals surface area contributed by atoms with Crippen LogP contribution in [0.5, 0.6) is 0 Å². The monoisotopic (exact) mass is 162 g/mol. The number of pyridine rings is 1. The first-order valence-corrected chi connectivity index (χ1v) is 3.02. The van der Waals surface area contributed by atoms with Crippen molar-refractivity contribution in [2.75, 3.05) is 0 Å². The number of alkyl halides is 3. The van der Waals surface area contributed by atoms with Gasteiger partial charge in [-0.15, -0.1) is 0 Å². The molecule has 0 N–H and O–H groups in total. The van der Waals surface area contributed by atoms with E-state index in [1.165, 1.54) is 10.6 Å². The summed E-state index contributed by atoms with van der Waals surface area (Å²) in [6, 6.07) is 2.41. The third-order valence-corrected chi connectivity index (χ3v) is 1.27. The van der Waals surface area contributed by atoms with Crippen LogP contribution in [-0.2, 0) is 13.2 Å². The van der Waals surface area contributed by atoms with Crippen LogP contribution in [0.3, 0.4) is 0 Å². The first kappa shape index (κ1) is 8.04. The second-order valence-corrected chi connectivity index (χ2v) is 2.26. The summed E-state index contributed by atoms with van der Waals surface area (Å²) in [6.45, 7) is 0. The van der Waals surface area contributed by atoms with Crippen molar-refractivity contribution in [1.82, 2.24) is 0 Å². The summed E-state index contributed by atoms with van der Waals surface area (Å²) in [5.41, 5.74) is -0.623. The van der Waals surface area contributed by atoms with Crippen molar-refractivity contribution in [2.24, 2.45) is 7.05 Å². The second-order valence-electron chi connectivity index (χ2n) is 2.26. The molecule has 1 aromatic heterocycles. The molecule has 0 aliphatic carbocycles. The molecule has 4 heteroatoms. The molecule has 60 valence electrons. The Labute approximate surface area is 62.1 Å². The van der Waals surface area contributed by atoms with E-state index in [0.29, 0.717) is 0 Å². The van der Waals surface area contributed by atoms with Crippen molar-refractivity contribution in [1.29, 1.82) is 0 Å². The predicted octanol–water partition coefficient (Wildman–Crippen LogP) is 1.53. The second kappa shape index (κ2) is 2.53. The highest BCUT2D eigenvalue weighted by molar-refractivity contribution is 5.09. The summed E-state index contributed by atoms with van der Waals surface area (Å²) in [5, 5.41) is 0. The Kier molecular flexibility index (Phi) is 1.85. The highest BCUT2D eigenvalue weighted by Gasteiger charge is 2.32. The SMILES string of the molecule is C[n+]1cccc(C(F)(F)F)c1. The highest BCUT2D eigenvalue weighted by Crippen LogP contribution is 2.27. The van der Waals surface area contributed by atoms with Gasteiger partial charge < -0.3 is 0 Å². The maximum absolute atomic E-state index is 12.0. The van der Waals surface area contributed by atoms with Crippen LogP contribution in [0.2, 0.25) is 0 Å². The smallest absolute Gasteiger partial charge is 0.207 e. The minimum absolute atomic E-state index is 0.623. The van der Waals surface area contributed by atoms with Crippen LogP contribution in [0.25, 0.3) is 0 Å². The molecule has 0 fully saturated rings. The minimum Gasteiger partial charge on any atom is -0.207 e. The molecule has 0 saturated carbocycles. The van der Waals surface area contributed by atoms with Gasteiger partial charge in [0, 0.05) is 6.07 Å². The van der Waals surface area contributed by atoms with Crippen LogP contribution in [-0.4, -0.2) is 0 Å². The van der Waals surface area contributed by atoms with Crippen LogP contribution in [0, 0.1) is 0 Å². The molecule has 0 amide bonds. The highest BCUT2D eigenvalue weighted by atomic mass is 19.4. The molecule has 11 heavy (non-hydrogen) atoms. The molecular formula is C7H7F3N+. The molecule has 0 aliphatic heterocycles. The van der Waals surface area contributed by atoms with Crippen molar-refractivity contribution in [2.45, 2.75) is 6.18 Å². The van der Waals surface area contributed by atoms with E-state index in [1.807, 2.05) is 0 Å². The van der Waals surface area contributed by atoms with E-state index in [4.69, 9.17) is 0 Å². The van der Waals surface area contributed by atoms with Gasteiger partial charge in [-0.3, -0.25) is 0 Å². The van der Waals surface area contributed by atoms with E-state index in [-0.39, 0.29) is 0 Å². The molecule has 0 unspecified atom stereocenters. The van der Waals surface area contributed by atoms with Gasteiger partial charge >= 0.3 is 6.18 Å². The van der Waals surface area contributed by atoms with Crippen molar-refractivity contribution < 1.29 is 17.7 Å². The predicted molar refractivity (Wildman–Crippen MR) is 32.6 cm³/mol. The first-order chi connectivity index (χ1) is 5.00. The Balaban J connectivity index is 3.06. The average molecular weight is 162 g/mol. The summed E-state index contributed by atoms with van der Waals surface area (Å²) in [7, 11) is 1.55. The van der Waals surface area contributed by atoms with Crippen LogP contribution in [0.4, 0.5) is 13.2 Å². The third-order valence-electron chi connectivity index (χ3n) is 1.27. The van der Waals surface area contributed by atoms with Gasteiger partial charge in [0.15, 0.2) is 12.4 Å². The van der Waals surface area contributed by atoms with E-state index in [2.05, 4.69) is 0 Å². The molecule has 0 bridgehead atoms. The number of hydrogen-bond donors (Lipinski definition) is 0. The summed E-state index contributed by atoms with van der Waals surface area (Å²) in [4.78, 5) is 0.